The van der Waals surface area contributed by atoms with Crippen LogP contribution in [0.25, 0.3) is 0 Å². The average molecular weight is 350 g/mol. The minimum absolute atomic E-state index is 0.785. The molecule has 1 rings (SSSR count). The molecular weight excluding hydrogens is 341 g/mol. The van der Waals surface area contributed by atoms with Crippen molar-refractivity contribution in [3.05, 3.63) is 32.9 Å². The first-order chi connectivity index (χ1) is 6.27. The highest BCUT2D eigenvalue weighted by Gasteiger charge is 1.99. The van der Waals surface area contributed by atoms with Crippen LogP contribution in [0.1, 0.15) is 17.5 Å². The van der Waals surface area contributed by atoms with E-state index in [2.05, 4.69) is 50.7 Å². The van der Waals surface area contributed by atoms with Crippen LogP contribution in [0.15, 0.2) is 18.2 Å². The van der Waals surface area contributed by atoms with Crippen molar-refractivity contribution in [2.24, 2.45) is 0 Å². The largest absolute Gasteiger partial charge is 0.192 e. The number of benzene rings is 1. The van der Waals surface area contributed by atoms with Crippen LogP contribution in [0.3, 0.4) is 0 Å². The van der Waals surface area contributed by atoms with E-state index in [1.165, 1.54) is 5.56 Å². The maximum Gasteiger partial charge on any atom is 0.100 e. The number of nitrogens with zero attached hydrogens (tertiary/aromatic N) is 1. The van der Waals surface area contributed by atoms with Gasteiger partial charge >= 0.3 is 0 Å². The summed E-state index contributed by atoms with van der Waals surface area (Å²) in [6.45, 7) is 0. The van der Waals surface area contributed by atoms with Crippen molar-refractivity contribution in [1.29, 1.82) is 5.26 Å². The third kappa shape index (κ3) is 3.28. The summed E-state index contributed by atoms with van der Waals surface area (Å²) in [4.78, 5) is 0. The summed E-state index contributed by atoms with van der Waals surface area (Å²) >= 11 is 5.57. The highest BCUT2D eigenvalue weighted by atomic mass is 127. The molecule has 0 saturated heterocycles. The van der Waals surface area contributed by atoms with Crippen LogP contribution in [0.5, 0.6) is 0 Å². The van der Waals surface area contributed by atoms with Gasteiger partial charge in [0.05, 0.1) is 5.56 Å². The molecule has 0 atom stereocenters. The van der Waals surface area contributed by atoms with Gasteiger partial charge in [-0.05, 0) is 53.1 Å². The monoisotopic (exact) mass is 349 g/mol. The minimum atomic E-state index is 0.785. The first-order valence-electron chi connectivity index (χ1n) is 4.02. The Morgan fingerprint density at radius 2 is 2.23 bits per heavy atom. The van der Waals surface area contributed by atoms with Crippen LogP contribution < -0.4 is 0 Å². The molecule has 0 aromatic heterocycles. The Hall–Kier alpha value is -0.0800. The second-order valence-electron chi connectivity index (χ2n) is 2.72. The van der Waals surface area contributed by atoms with Crippen molar-refractivity contribution >= 4 is 38.5 Å². The van der Waals surface area contributed by atoms with E-state index in [-0.39, 0.29) is 0 Å². The number of nitriles is 1. The molecule has 0 aliphatic carbocycles. The average Bonchev–Trinajstić information content (AvgIpc) is 2.16. The van der Waals surface area contributed by atoms with Gasteiger partial charge in [0, 0.05) is 8.90 Å². The predicted molar refractivity (Wildman–Crippen MR) is 66.0 cm³/mol. The van der Waals surface area contributed by atoms with E-state index in [4.69, 9.17) is 5.26 Å². The van der Waals surface area contributed by atoms with Crippen LogP contribution in [0.2, 0.25) is 0 Å². The van der Waals surface area contributed by atoms with Crippen LogP contribution in [-0.4, -0.2) is 5.33 Å². The lowest BCUT2D eigenvalue weighted by molar-refractivity contribution is 0.938. The van der Waals surface area contributed by atoms with Gasteiger partial charge in [0.15, 0.2) is 0 Å². The summed E-state index contributed by atoms with van der Waals surface area (Å²) in [6.07, 6.45) is 2.16. The van der Waals surface area contributed by atoms with Crippen LogP contribution in [0.4, 0.5) is 0 Å². The number of hydrogen-bond donors (Lipinski definition) is 0. The summed E-state index contributed by atoms with van der Waals surface area (Å²) in [7, 11) is 0. The summed E-state index contributed by atoms with van der Waals surface area (Å²) in [5.41, 5.74) is 2.03. The smallest absolute Gasteiger partial charge is 0.100 e. The molecule has 0 unspecified atom stereocenters. The number of rotatable bonds is 3. The SMILES string of the molecule is N#Cc1cc(CCCBr)ccc1I. The van der Waals surface area contributed by atoms with Crippen molar-refractivity contribution in [1.82, 2.24) is 0 Å². The maximum atomic E-state index is 8.80. The van der Waals surface area contributed by atoms with Crippen LogP contribution >= 0.6 is 38.5 Å². The lowest BCUT2D eigenvalue weighted by Crippen LogP contribution is -1.89. The molecule has 0 amide bonds. The molecule has 68 valence electrons. The Kier molecular flexibility index (Phi) is 4.74. The number of hydrogen-bond acceptors (Lipinski definition) is 1. The lowest BCUT2D eigenvalue weighted by atomic mass is 10.1. The van der Waals surface area contributed by atoms with Gasteiger partial charge < -0.3 is 0 Å². The summed E-state index contributed by atoms with van der Waals surface area (Å²) < 4.78 is 1.03. The van der Waals surface area contributed by atoms with E-state index in [9.17, 15) is 0 Å². The first kappa shape index (κ1) is 11.0. The van der Waals surface area contributed by atoms with Crippen molar-refractivity contribution in [3.8, 4) is 6.07 Å². The topological polar surface area (TPSA) is 23.8 Å². The Bertz CT molecular complexity index is 330. The van der Waals surface area contributed by atoms with Gasteiger partial charge in [0.25, 0.3) is 0 Å². The van der Waals surface area contributed by atoms with Gasteiger partial charge in [-0.1, -0.05) is 22.0 Å². The quantitative estimate of drug-likeness (QED) is 0.605. The van der Waals surface area contributed by atoms with E-state index in [1.807, 2.05) is 12.1 Å². The predicted octanol–water partition coefficient (Wildman–Crippen LogP) is 3.49. The number of aryl methyl sites for hydroxylation is 1. The zero-order chi connectivity index (χ0) is 9.68. The highest BCUT2D eigenvalue weighted by molar-refractivity contribution is 14.1. The molecule has 1 aromatic rings. The van der Waals surface area contributed by atoms with E-state index >= 15 is 0 Å². The second kappa shape index (κ2) is 5.61. The zero-order valence-corrected chi connectivity index (χ0v) is 10.8. The van der Waals surface area contributed by atoms with Gasteiger partial charge in [-0.3, -0.25) is 0 Å². The molecular formula is C10H9BrIN. The number of halogens is 2. The molecule has 0 saturated carbocycles. The molecule has 1 aromatic carbocycles. The third-order valence-corrected chi connectivity index (χ3v) is 3.25. The maximum absolute atomic E-state index is 8.80. The van der Waals surface area contributed by atoms with Crippen molar-refractivity contribution < 1.29 is 0 Å². The molecule has 0 fully saturated rings. The van der Waals surface area contributed by atoms with E-state index < -0.39 is 0 Å². The molecule has 0 aliphatic heterocycles. The van der Waals surface area contributed by atoms with Crippen LogP contribution in [-0.2, 0) is 6.42 Å². The van der Waals surface area contributed by atoms with E-state index in [0.717, 1.165) is 27.3 Å². The van der Waals surface area contributed by atoms with E-state index in [1.54, 1.807) is 0 Å². The zero-order valence-electron chi connectivity index (χ0n) is 7.06. The second-order valence-corrected chi connectivity index (χ2v) is 4.67. The van der Waals surface area contributed by atoms with Crippen molar-refractivity contribution in [2.75, 3.05) is 5.33 Å². The normalized spacial score (nSPS) is 9.62. The molecule has 13 heavy (non-hydrogen) atoms. The third-order valence-electron chi connectivity index (χ3n) is 1.75. The number of alkyl halides is 1. The van der Waals surface area contributed by atoms with Gasteiger partial charge in [-0.2, -0.15) is 5.26 Å². The molecule has 3 heteroatoms. The van der Waals surface area contributed by atoms with Gasteiger partial charge in [-0.25, -0.2) is 0 Å². The Labute approximate surface area is 100 Å². The van der Waals surface area contributed by atoms with Crippen LogP contribution in [0, 0.1) is 14.9 Å². The molecule has 0 radical (unpaired) electrons. The molecule has 0 bridgehead atoms. The Balaban J connectivity index is 2.82. The Morgan fingerprint density at radius 3 is 2.85 bits per heavy atom. The fourth-order valence-corrected chi connectivity index (χ4v) is 1.82. The first-order valence-corrected chi connectivity index (χ1v) is 6.22. The fraction of sp³-hybridized carbons (Fsp3) is 0.300. The van der Waals surface area contributed by atoms with Gasteiger partial charge in [0.1, 0.15) is 6.07 Å². The van der Waals surface area contributed by atoms with Crippen molar-refractivity contribution in [2.45, 2.75) is 12.8 Å². The molecule has 0 N–H and O–H groups in total. The summed E-state index contributed by atoms with van der Waals surface area (Å²) in [6, 6.07) is 8.26. The lowest BCUT2D eigenvalue weighted by Gasteiger charge is -2.01. The molecule has 0 heterocycles. The fourth-order valence-electron chi connectivity index (χ4n) is 1.08. The van der Waals surface area contributed by atoms with E-state index in [0.29, 0.717) is 0 Å². The molecule has 0 aliphatic rings. The summed E-state index contributed by atoms with van der Waals surface area (Å²) in [5, 5.41) is 9.82. The standard InChI is InChI=1S/C10H9BrIN/c11-5-1-2-8-3-4-10(12)9(6-8)7-13/h3-4,6H,1-2,5H2. The minimum Gasteiger partial charge on any atom is -0.192 e. The molecule has 1 nitrogen and oxygen atoms in total. The highest BCUT2D eigenvalue weighted by Crippen LogP contribution is 2.14. The van der Waals surface area contributed by atoms with Crippen molar-refractivity contribution in [3.63, 3.8) is 0 Å². The summed E-state index contributed by atoms with van der Waals surface area (Å²) in [5.74, 6) is 0. The van der Waals surface area contributed by atoms with Gasteiger partial charge in [-0.15, -0.1) is 0 Å². The molecule has 0 spiro atoms. The van der Waals surface area contributed by atoms with Gasteiger partial charge in [0.2, 0.25) is 0 Å². The Morgan fingerprint density at radius 1 is 1.46 bits per heavy atom.